The first kappa shape index (κ1) is 21.6. The van der Waals surface area contributed by atoms with Gasteiger partial charge in [-0.2, -0.15) is 0 Å². The molecule has 3 rings (SSSR count). The summed E-state index contributed by atoms with van der Waals surface area (Å²) in [6, 6.07) is 5.42. The van der Waals surface area contributed by atoms with Crippen molar-refractivity contribution in [3.8, 4) is 5.75 Å². The van der Waals surface area contributed by atoms with Gasteiger partial charge in [0.15, 0.2) is 5.78 Å². The van der Waals surface area contributed by atoms with E-state index in [9.17, 15) is 14.6 Å². The molecule has 1 saturated carbocycles. The van der Waals surface area contributed by atoms with Gasteiger partial charge in [-0.3, -0.25) is 15.0 Å². The van der Waals surface area contributed by atoms with Crippen LogP contribution < -0.4 is 10.4 Å². The monoisotopic (exact) mass is 398 g/mol. The molecule has 6 nitrogen and oxygen atoms in total. The average Bonchev–Trinajstić information content (AvgIpc) is 2.67. The highest BCUT2D eigenvalue weighted by molar-refractivity contribution is 6.47. The van der Waals surface area contributed by atoms with E-state index in [1.165, 1.54) is 6.92 Å². The number of fused-ring (bicyclic) bond motifs is 1. The molecule has 1 aromatic carbocycles. The fraction of sp³-hybridized carbons (Fsp3) is 0.591. The second-order valence-electron chi connectivity index (χ2n) is 8.72. The molecule has 1 fully saturated rings. The van der Waals surface area contributed by atoms with Crippen molar-refractivity contribution < 1.29 is 19.3 Å². The summed E-state index contributed by atoms with van der Waals surface area (Å²) < 4.78 is 5.64. The van der Waals surface area contributed by atoms with E-state index in [1.54, 1.807) is 6.07 Å². The fourth-order valence-electron chi connectivity index (χ4n) is 4.72. The Kier molecular flexibility index (Phi) is 7.11. The maximum atomic E-state index is 12.6. The lowest BCUT2D eigenvalue weighted by atomic mass is 9.64. The summed E-state index contributed by atoms with van der Waals surface area (Å²) in [5, 5.41) is 17.7. The second-order valence-corrected chi connectivity index (χ2v) is 8.72. The van der Waals surface area contributed by atoms with Gasteiger partial charge in [0.25, 0.3) is 0 Å². The summed E-state index contributed by atoms with van der Waals surface area (Å²) in [6.45, 7) is 1.48. The third-order valence-corrected chi connectivity index (χ3v) is 6.39. The number of Topliss-reactive ketones (excluding diaryl/α,β-unsaturated/α-hetero) is 2. The predicted molar refractivity (Wildman–Crippen MR) is 113 cm³/mol. The lowest BCUT2D eigenvalue weighted by molar-refractivity contribution is -0.120. The highest BCUT2D eigenvalue weighted by atomic mass is 16.5. The summed E-state index contributed by atoms with van der Waals surface area (Å²) in [7, 11) is -1.06. The van der Waals surface area contributed by atoms with Crippen molar-refractivity contribution in [3.05, 3.63) is 29.3 Å². The van der Waals surface area contributed by atoms with Crippen LogP contribution in [0.4, 0.5) is 0 Å². The largest absolute Gasteiger partial charge is 0.535 e. The first-order valence-electron chi connectivity index (χ1n) is 10.7. The van der Waals surface area contributed by atoms with E-state index >= 15 is 0 Å². The number of rotatable bonds is 8. The van der Waals surface area contributed by atoms with E-state index < -0.39 is 7.12 Å². The van der Waals surface area contributed by atoms with Crippen molar-refractivity contribution in [2.24, 2.45) is 17.6 Å². The standard InChI is InChI=1S/C22H31BN2O4/c1-14(26)20-4-2-3-17-12-18(23(28)29-22(17)20)13-19(27)11-16-7-5-15(6-8-16)9-10-21(24)25/h2-4,15-16,18,28H,5-13H2,1H3,(H3,24,25)/t15?,16?,18-/m1/s1. The molecule has 0 unspecified atom stereocenters. The Morgan fingerprint density at radius 3 is 2.55 bits per heavy atom. The van der Waals surface area contributed by atoms with Crippen molar-refractivity contribution in [3.63, 3.8) is 0 Å². The number of benzene rings is 1. The minimum atomic E-state index is -1.06. The molecule has 7 heteroatoms. The number of para-hydroxylation sites is 1. The molecular formula is C22H31BN2O4. The molecular weight excluding hydrogens is 367 g/mol. The van der Waals surface area contributed by atoms with E-state index in [2.05, 4.69) is 0 Å². The molecule has 0 radical (unpaired) electrons. The Hall–Kier alpha value is -2.15. The first-order valence-corrected chi connectivity index (χ1v) is 10.7. The van der Waals surface area contributed by atoms with Gasteiger partial charge in [-0.1, -0.05) is 25.0 Å². The van der Waals surface area contributed by atoms with Gasteiger partial charge in [-0.05, 0) is 56.1 Å². The molecule has 29 heavy (non-hydrogen) atoms. The maximum Gasteiger partial charge on any atom is 0.526 e. The van der Waals surface area contributed by atoms with E-state index in [0.717, 1.165) is 37.7 Å². The third-order valence-electron chi connectivity index (χ3n) is 6.39. The third kappa shape index (κ3) is 5.69. The van der Waals surface area contributed by atoms with Gasteiger partial charge in [0, 0.05) is 25.1 Å². The van der Waals surface area contributed by atoms with E-state index in [4.69, 9.17) is 15.8 Å². The van der Waals surface area contributed by atoms with Crippen LogP contribution in [0, 0.1) is 17.2 Å². The Bertz CT molecular complexity index is 774. The van der Waals surface area contributed by atoms with Crippen LogP contribution in [-0.4, -0.2) is 29.5 Å². The van der Waals surface area contributed by atoms with Crippen LogP contribution in [0.15, 0.2) is 18.2 Å². The average molecular weight is 398 g/mol. The van der Waals surface area contributed by atoms with Gasteiger partial charge in [-0.25, -0.2) is 0 Å². The van der Waals surface area contributed by atoms with Gasteiger partial charge in [0.05, 0.1) is 11.4 Å². The molecule has 0 saturated heterocycles. The first-order chi connectivity index (χ1) is 13.8. The molecule has 1 aromatic rings. The zero-order valence-corrected chi connectivity index (χ0v) is 17.2. The van der Waals surface area contributed by atoms with Gasteiger partial charge in [-0.15, -0.1) is 0 Å². The van der Waals surface area contributed by atoms with E-state index in [0.29, 0.717) is 48.8 Å². The van der Waals surface area contributed by atoms with Crippen molar-refractivity contribution in [1.29, 1.82) is 5.41 Å². The summed E-state index contributed by atoms with van der Waals surface area (Å²) in [5.74, 6) is 1.55. The lowest BCUT2D eigenvalue weighted by Crippen LogP contribution is -2.36. The number of nitrogens with two attached hydrogens (primary N) is 1. The zero-order chi connectivity index (χ0) is 21.0. The van der Waals surface area contributed by atoms with Crippen LogP contribution in [0.1, 0.15) is 74.2 Å². The highest BCUT2D eigenvalue weighted by Crippen LogP contribution is 2.38. The fourth-order valence-corrected chi connectivity index (χ4v) is 4.72. The molecule has 0 spiro atoms. The molecule has 0 amide bonds. The van der Waals surface area contributed by atoms with Crippen LogP contribution in [0.2, 0.25) is 5.82 Å². The summed E-state index contributed by atoms with van der Waals surface area (Å²) in [4.78, 5) is 24.4. The molecule has 1 aliphatic carbocycles. The topological polar surface area (TPSA) is 113 Å². The van der Waals surface area contributed by atoms with Crippen molar-refractivity contribution in [1.82, 2.24) is 0 Å². The van der Waals surface area contributed by atoms with Crippen LogP contribution in [0.25, 0.3) is 0 Å². The van der Waals surface area contributed by atoms with Crippen molar-refractivity contribution >= 4 is 24.5 Å². The second kappa shape index (κ2) is 9.57. The van der Waals surface area contributed by atoms with Crippen LogP contribution in [0.3, 0.4) is 0 Å². The normalized spacial score (nSPS) is 23.8. The Balaban J connectivity index is 1.50. The maximum absolute atomic E-state index is 12.6. The molecule has 156 valence electrons. The SMILES string of the molecule is CC(=O)c1cccc2c1OB(O)[C@@H](CC(=O)CC1CCC(CCC(=N)N)CC1)C2. The van der Waals surface area contributed by atoms with Crippen LogP contribution >= 0.6 is 0 Å². The summed E-state index contributed by atoms with van der Waals surface area (Å²) in [5.41, 5.74) is 6.81. The number of ketones is 2. The smallest absolute Gasteiger partial charge is 0.526 e. The predicted octanol–water partition coefficient (Wildman–Crippen LogP) is 3.55. The van der Waals surface area contributed by atoms with Crippen molar-refractivity contribution in [2.45, 2.75) is 70.5 Å². The molecule has 0 bridgehead atoms. The van der Waals surface area contributed by atoms with E-state index in [-0.39, 0.29) is 23.2 Å². The van der Waals surface area contributed by atoms with Gasteiger partial charge >= 0.3 is 7.12 Å². The quantitative estimate of drug-likeness (QED) is 0.268. The van der Waals surface area contributed by atoms with Gasteiger partial charge in [0.1, 0.15) is 11.5 Å². The molecule has 1 atom stereocenters. The van der Waals surface area contributed by atoms with E-state index in [1.807, 2.05) is 12.1 Å². The highest BCUT2D eigenvalue weighted by Gasteiger charge is 2.37. The lowest BCUT2D eigenvalue weighted by Gasteiger charge is -2.30. The van der Waals surface area contributed by atoms with Gasteiger partial charge in [0.2, 0.25) is 0 Å². The Morgan fingerprint density at radius 1 is 1.21 bits per heavy atom. The zero-order valence-electron chi connectivity index (χ0n) is 17.2. The Labute approximate surface area is 172 Å². The molecule has 1 heterocycles. The number of carbonyl (C=O) groups is 2. The number of amidine groups is 1. The molecule has 0 aromatic heterocycles. The number of nitrogens with one attached hydrogen (secondary N) is 1. The minimum absolute atomic E-state index is 0.0949. The summed E-state index contributed by atoms with van der Waals surface area (Å²) in [6.07, 6.45) is 7.33. The summed E-state index contributed by atoms with van der Waals surface area (Å²) >= 11 is 0. The minimum Gasteiger partial charge on any atom is -0.535 e. The van der Waals surface area contributed by atoms with Crippen LogP contribution in [0.5, 0.6) is 5.75 Å². The van der Waals surface area contributed by atoms with Crippen LogP contribution in [-0.2, 0) is 11.2 Å². The Morgan fingerprint density at radius 2 is 1.90 bits per heavy atom. The van der Waals surface area contributed by atoms with Gasteiger partial charge < -0.3 is 15.4 Å². The van der Waals surface area contributed by atoms with Crippen molar-refractivity contribution in [2.75, 3.05) is 0 Å². The number of hydrogen-bond donors (Lipinski definition) is 3. The molecule has 1 aliphatic heterocycles. The molecule has 2 aliphatic rings. The number of hydrogen-bond acceptors (Lipinski definition) is 5. The molecule has 4 N–H and O–H groups in total. The number of carbonyl (C=O) groups excluding carboxylic acids is 2.